The molecule has 1 aromatic carbocycles. The fourth-order valence-corrected chi connectivity index (χ4v) is 2.41. The maximum absolute atomic E-state index is 8.83. The topological polar surface area (TPSA) is 79.9 Å². The summed E-state index contributed by atoms with van der Waals surface area (Å²) in [6.07, 6.45) is 0. The zero-order valence-electron chi connectivity index (χ0n) is 11.2. The van der Waals surface area contributed by atoms with Crippen molar-refractivity contribution in [3.63, 3.8) is 0 Å². The smallest absolute Gasteiger partial charge is 0.141 e. The van der Waals surface area contributed by atoms with Crippen molar-refractivity contribution < 1.29 is 9.84 Å². The summed E-state index contributed by atoms with van der Waals surface area (Å²) in [5.41, 5.74) is 7.64. The van der Waals surface area contributed by atoms with Crippen LogP contribution in [0, 0.1) is 0 Å². The third kappa shape index (κ3) is 3.57. The molecule has 0 aliphatic rings. The van der Waals surface area contributed by atoms with Gasteiger partial charge in [0.05, 0.1) is 24.4 Å². The van der Waals surface area contributed by atoms with Crippen molar-refractivity contribution in [1.29, 1.82) is 0 Å². The van der Waals surface area contributed by atoms with Crippen molar-refractivity contribution in [2.75, 3.05) is 13.8 Å². The minimum atomic E-state index is -0.0893. The molecule has 0 bridgehead atoms. The van der Waals surface area contributed by atoms with Crippen LogP contribution in [0.15, 0.2) is 40.7 Å². The van der Waals surface area contributed by atoms with Gasteiger partial charge in [-0.2, -0.15) is 0 Å². The van der Waals surface area contributed by atoms with Gasteiger partial charge in [-0.1, -0.05) is 6.07 Å². The average Bonchev–Trinajstić information content (AvgIpc) is 2.99. The summed E-state index contributed by atoms with van der Waals surface area (Å²) in [5, 5.41) is 13.6. The molecule has 0 atom stereocenters. The third-order valence-corrected chi connectivity index (χ3v) is 3.61. The number of nitrogens with two attached hydrogens (primary N) is 1. The molecule has 20 heavy (non-hydrogen) atoms. The monoisotopic (exact) mass is 291 g/mol. The van der Waals surface area contributed by atoms with E-state index in [4.69, 9.17) is 15.6 Å². The number of benzene rings is 1. The number of ether oxygens (including phenoxy) is 1. The van der Waals surface area contributed by atoms with Gasteiger partial charge in [-0.05, 0) is 29.6 Å². The Morgan fingerprint density at radius 1 is 1.45 bits per heavy atom. The summed E-state index contributed by atoms with van der Waals surface area (Å²) in [5.74, 6) is 1.24. The van der Waals surface area contributed by atoms with E-state index in [9.17, 15) is 0 Å². The number of hydrogen-bond donors (Lipinski definition) is 3. The number of aliphatic imine (C=N–C) groups is 1. The largest absolute Gasteiger partial charge is 0.496 e. The second-order valence-corrected chi connectivity index (χ2v) is 5.00. The van der Waals surface area contributed by atoms with E-state index in [1.165, 1.54) is 0 Å². The van der Waals surface area contributed by atoms with Gasteiger partial charge in [0, 0.05) is 12.1 Å². The summed E-state index contributed by atoms with van der Waals surface area (Å²) in [7, 11) is 1.61. The lowest BCUT2D eigenvalue weighted by Gasteiger charge is -2.09. The standard InChI is InChI=1S/C14H17N3O2S/c1-19-12-5-4-11(7-10(12)8-16-9-18)17-14(15)13-3-2-6-20-13/h2-7,16,18H,8-9H2,1H3,(H2,15,17). The number of aliphatic hydroxyl groups is 1. The highest BCUT2D eigenvalue weighted by Crippen LogP contribution is 2.25. The number of nitrogens with one attached hydrogen (secondary N) is 1. The molecule has 0 saturated heterocycles. The van der Waals surface area contributed by atoms with Crippen LogP contribution in [0.1, 0.15) is 10.4 Å². The van der Waals surface area contributed by atoms with Gasteiger partial charge in [-0.15, -0.1) is 11.3 Å². The van der Waals surface area contributed by atoms with Crippen LogP contribution in [-0.4, -0.2) is 24.8 Å². The summed E-state index contributed by atoms with van der Waals surface area (Å²) in [6.45, 7) is 0.413. The Hall–Kier alpha value is -1.89. The summed E-state index contributed by atoms with van der Waals surface area (Å²) in [4.78, 5) is 5.35. The zero-order valence-corrected chi connectivity index (χ0v) is 12.0. The fourth-order valence-electron chi connectivity index (χ4n) is 1.78. The minimum Gasteiger partial charge on any atom is -0.496 e. The van der Waals surface area contributed by atoms with E-state index in [1.54, 1.807) is 18.4 Å². The molecule has 0 fully saturated rings. The number of amidine groups is 1. The van der Waals surface area contributed by atoms with Gasteiger partial charge in [0.25, 0.3) is 0 Å². The van der Waals surface area contributed by atoms with E-state index in [0.717, 1.165) is 21.9 Å². The van der Waals surface area contributed by atoms with Crippen molar-refractivity contribution in [3.8, 4) is 5.75 Å². The minimum absolute atomic E-state index is 0.0893. The number of methoxy groups -OCH3 is 1. The molecule has 2 rings (SSSR count). The van der Waals surface area contributed by atoms with Gasteiger partial charge in [0.2, 0.25) is 0 Å². The van der Waals surface area contributed by atoms with Crippen LogP contribution in [0.5, 0.6) is 5.75 Å². The van der Waals surface area contributed by atoms with Crippen LogP contribution in [0.25, 0.3) is 0 Å². The molecule has 2 aromatic rings. The zero-order chi connectivity index (χ0) is 14.4. The lowest BCUT2D eigenvalue weighted by Crippen LogP contribution is -2.14. The summed E-state index contributed by atoms with van der Waals surface area (Å²) < 4.78 is 5.28. The lowest BCUT2D eigenvalue weighted by molar-refractivity contribution is 0.258. The molecule has 1 heterocycles. The van der Waals surface area contributed by atoms with Gasteiger partial charge in [0.1, 0.15) is 11.6 Å². The number of aliphatic hydroxyl groups excluding tert-OH is 1. The first-order valence-corrected chi connectivity index (χ1v) is 6.99. The Kier molecular flexibility index (Phi) is 5.11. The van der Waals surface area contributed by atoms with Crippen molar-refractivity contribution in [3.05, 3.63) is 46.2 Å². The highest BCUT2D eigenvalue weighted by Gasteiger charge is 2.05. The second-order valence-electron chi connectivity index (χ2n) is 4.06. The number of hydrogen-bond acceptors (Lipinski definition) is 5. The Balaban J connectivity index is 2.26. The van der Waals surface area contributed by atoms with E-state index >= 15 is 0 Å². The molecule has 0 aliphatic heterocycles. The van der Waals surface area contributed by atoms with Gasteiger partial charge in [-0.25, -0.2) is 4.99 Å². The van der Waals surface area contributed by atoms with Crippen LogP contribution < -0.4 is 15.8 Å². The van der Waals surface area contributed by atoms with E-state index in [1.807, 2.05) is 35.7 Å². The van der Waals surface area contributed by atoms with Crippen LogP contribution in [-0.2, 0) is 6.54 Å². The molecule has 0 radical (unpaired) electrons. The molecule has 106 valence electrons. The van der Waals surface area contributed by atoms with Gasteiger partial charge in [-0.3, -0.25) is 5.32 Å². The number of nitrogens with zero attached hydrogens (tertiary/aromatic N) is 1. The van der Waals surface area contributed by atoms with Crippen LogP contribution >= 0.6 is 11.3 Å². The van der Waals surface area contributed by atoms with Crippen molar-refractivity contribution in [2.24, 2.45) is 10.7 Å². The van der Waals surface area contributed by atoms with Gasteiger partial charge >= 0.3 is 0 Å². The summed E-state index contributed by atoms with van der Waals surface area (Å²) in [6, 6.07) is 9.45. The first-order chi connectivity index (χ1) is 9.74. The number of thiophene rings is 1. The second kappa shape index (κ2) is 7.04. The van der Waals surface area contributed by atoms with Gasteiger partial charge in [0.15, 0.2) is 0 Å². The quantitative estimate of drug-likeness (QED) is 0.431. The molecule has 1 aromatic heterocycles. The van der Waals surface area contributed by atoms with Crippen molar-refractivity contribution in [1.82, 2.24) is 5.32 Å². The van der Waals surface area contributed by atoms with E-state index in [0.29, 0.717) is 12.4 Å². The Morgan fingerprint density at radius 2 is 2.30 bits per heavy atom. The first-order valence-electron chi connectivity index (χ1n) is 6.11. The third-order valence-electron chi connectivity index (χ3n) is 2.71. The predicted octanol–water partition coefficient (Wildman–Crippen LogP) is 1.83. The molecule has 4 N–H and O–H groups in total. The van der Waals surface area contributed by atoms with E-state index < -0.39 is 0 Å². The normalized spacial score (nSPS) is 11.6. The molecule has 0 aliphatic carbocycles. The van der Waals surface area contributed by atoms with Gasteiger partial charge < -0.3 is 15.6 Å². The van der Waals surface area contributed by atoms with Crippen molar-refractivity contribution >= 4 is 22.9 Å². The van der Waals surface area contributed by atoms with E-state index in [2.05, 4.69) is 10.3 Å². The molecule has 0 saturated carbocycles. The Bertz CT molecular complexity index is 582. The van der Waals surface area contributed by atoms with Crippen LogP contribution in [0.3, 0.4) is 0 Å². The SMILES string of the molecule is COc1ccc(N=C(N)c2cccs2)cc1CNCO. The molecular weight excluding hydrogens is 274 g/mol. The molecule has 0 amide bonds. The highest BCUT2D eigenvalue weighted by atomic mass is 32.1. The maximum Gasteiger partial charge on any atom is 0.141 e. The summed E-state index contributed by atoms with van der Waals surface area (Å²) >= 11 is 1.55. The molecule has 5 nitrogen and oxygen atoms in total. The Morgan fingerprint density at radius 3 is 2.95 bits per heavy atom. The van der Waals surface area contributed by atoms with Crippen molar-refractivity contribution in [2.45, 2.75) is 6.54 Å². The molecule has 6 heteroatoms. The highest BCUT2D eigenvalue weighted by molar-refractivity contribution is 7.12. The lowest BCUT2D eigenvalue weighted by atomic mass is 10.1. The number of rotatable bonds is 6. The molecule has 0 unspecified atom stereocenters. The Labute approximate surface area is 121 Å². The molecule has 0 spiro atoms. The van der Waals surface area contributed by atoms with E-state index in [-0.39, 0.29) is 6.73 Å². The first kappa shape index (κ1) is 14.5. The van der Waals surface area contributed by atoms with Crippen LogP contribution in [0.2, 0.25) is 0 Å². The van der Waals surface area contributed by atoms with Crippen LogP contribution in [0.4, 0.5) is 5.69 Å². The predicted molar refractivity (Wildman–Crippen MR) is 81.6 cm³/mol. The maximum atomic E-state index is 8.83. The average molecular weight is 291 g/mol. The molecular formula is C14H17N3O2S. The fraction of sp³-hybridized carbons (Fsp3) is 0.214.